The number of aromatic nitrogens is 2. The second-order valence-corrected chi connectivity index (χ2v) is 4.06. The lowest BCUT2D eigenvalue weighted by atomic mass is 9.96. The van der Waals surface area contributed by atoms with Crippen LogP contribution in [0.4, 0.5) is 0 Å². The van der Waals surface area contributed by atoms with Gasteiger partial charge >= 0.3 is 0 Å². The van der Waals surface area contributed by atoms with E-state index in [0.29, 0.717) is 18.7 Å². The molecule has 1 aliphatic rings. The molecule has 14 heavy (non-hydrogen) atoms. The molecule has 1 aromatic rings. The minimum Gasteiger partial charge on any atom is -0.386 e. The van der Waals surface area contributed by atoms with E-state index >= 15 is 0 Å². The van der Waals surface area contributed by atoms with Gasteiger partial charge in [0.25, 0.3) is 5.91 Å². The Morgan fingerprint density at radius 3 is 2.71 bits per heavy atom. The molecule has 0 radical (unpaired) electrons. The summed E-state index contributed by atoms with van der Waals surface area (Å²) in [5, 5.41) is 13.4. The summed E-state index contributed by atoms with van der Waals surface area (Å²) < 4.78 is 1.59. The lowest BCUT2D eigenvalue weighted by Gasteiger charge is -2.43. The normalized spacial score (nSPS) is 19.2. The van der Waals surface area contributed by atoms with Crippen LogP contribution >= 0.6 is 0 Å². The van der Waals surface area contributed by atoms with Gasteiger partial charge in [-0.1, -0.05) is 0 Å². The van der Waals surface area contributed by atoms with E-state index in [0.717, 1.165) is 0 Å². The van der Waals surface area contributed by atoms with Gasteiger partial charge in [-0.2, -0.15) is 5.10 Å². The van der Waals surface area contributed by atoms with Crippen LogP contribution in [0.25, 0.3) is 0 Å². The molecule has 0 aromatic carbocycles. The molecular weight excluding hydrogens is 182 g/mol. The van der Waals surface area contributed by atoms with Gasteiger partial charge < -0.3 is 10.0 Å². The summed E-state index contributed by atoms with van der Waals surface area (Å²) in [6, 6.07) is 0. The Morgan fingerprint density at radius 1 is 1.64 bits per heavy atom. The topological polar surface area (TPSA) is 58.4 Å². The van der Waals surface area contributed by atoms with Crippen molar-refractivity contribution < 1.29 is 9.90 Å². The third-order valence-corrected chi connectivity index (χ3v) is 2.30. The van der Waals surface area contributed by atoms with Crippen LogP contribution in [-0.4, -0.2) is 44.4 Å². The van der Waals surface area contributed by atoms with Gasteiger partial charge in [0.2, 0.25) is 0 Å². The summed E-state index contributed by atoms with van der Waals surface area (Å²) >= 11 is 0. The molecule has 0 unspecified atom stereocenters. The highest BCUT2D eigenvalue weighted by molar-refractivity contribution is 5.94. The molecule has 1 aromatic heterocycles. The molecule has 2 heterocycles. The maximum Gasteiger partial charge on any atom is 0.257 e. The van der Waals surface area contributed by atoms with Crippen molar-refractivity contribution in [3.8, 4) is 0 Å². The molecule has 0 saturated carbocycles. The summed E-state index contributed by atoms with van der Waals surface area (Å²) in [7, 11) is 1.77. The Balaban J connectivity index is 2.04. The quantitative estimate of drug-likeness (QED) is 0.665. The van der Waals surface area contributed by atoms with Gasteiger partial charge in [-0.05, 0) is 6.92 Å². The summed E-state index contributed by atoms with van der Waals surface area (Å²) in [5.41, 5.74) is -0.138. The summed E-state index contributed by atoms with van der Waals surface area (Å²) in [4.78, 5) is 13.3. The Labute approximate surface area is 81.9 Å². The van der Waals surface area contributed by atoms with Gasteiger partial charge in [0.1, 0.15) is 0 Å². The summed E-state index contributed by atoms with van der Waals surface area (Å²) in [6.45, 7) is 2.53. The van der Waals surface area contributed by atoms with Gasteiger partial charge in [-0.15, -0.1) is 0 Å². The van der Waals surface area contributed by atoms with Crippen molar-refractivity contribution in [1.29, 1.82) is 0 Å². The van der Waals surface area contributed by atoms with E-state index in [9.17, 15) is 9.90 Å². The van der Waals surface area contributed by atoms with Crippen LogP contribution in [0.2, 0.25) is 0 Å². The van der Waals surface area contributed by atoms with Crippen molar-refractivity contribution >= 4 is 5.91 Å². The molecule has 1 amide bonds. The van der Waals surface area contributed by atoms with E-state index in [2.05, 4.69) is 5.10 Å². The zero-order valence-corrected chi connectivity index (χ0v) is 8.27. The van der Waals surface area contributed by atoms with E-state index in [4.69, 9.17) is 0 Å². The molecule has 0 aliphatic carbocycles. The fourth-order valence-corrected chi connectivity index (χ4v) is 1.63. The maximum atomic E-state index is 11.7. The first-order valence-electron chi connectivity index (χ1n) is 4.48. The van der Waals surface area contributed by atoms with Crippen molar-refractivity contribution in [2.45, 2.75) is 12.5 Å². The second-order valence-electron chi connectivity index (χ2n) is 4.06. The number of carbonyl (C=O) groups excluding carboxylic acids is 1. The highest BCUT2D eigenvalue weighted by atomic mass is 16.3. The predicted octanol–water partition coefficient (Wildman–Crippen LogP) is -0.373. The second kappa shape index (κ2) is 2.81. The number of rotatable bonds is 1. The van der Waals surface area contributed by atoms with E-state index in [1.165, 1.54) is 6.20 Å². The van der Waals surface area contributed by atoms with Gasteiger partial charge in [0.05, 0.1) is 30.5 Å². The number of amides is 1. The van der Waals surface area contributed by atoms with Crippen LogP contribution in [0.3, 0.4) is 0 Å². The maximum absolute atomic E-state index is 11.7. The SMILES string of the molecule is Cn1cc(C(=O)N2CC(C)(O)C2)cn1. The standard InChI is InChI=1S/C9H13N3O2/c1-9(14)5-12(6-9)8(13)7-3-10-11(2)4-7/h3-4,14H,5-6H2,1-2H3. The molecule has 76 valence electrons. The fourth-order valence-electron chi connectivity index (χ4n) is 1.63. The van der Waals surface area contributed by atoms with Crippen LogP contribution in [0.5, 0.6) is 0 Å². The van der Waals surface area contributed by atoms with E-state index in [-0.39, 0.29) is 5.91 Å². The third kappa shape index (κ3) is 1.50. The number of aryl methyl sites for hydroxylation is 1. The number of hydrogen-bond acceptors (Lipinski definition) is 3. The molecule has 0 spiro atoms. The molecule has 1 fully saturated rings. The molecule has 0 atom stereocenters. The molecular formula is C9H13N3O2. The van der Waals surface area contributed by atoms with Crippen molar-refractivity contribution in [3.63, 3.8) is 0 Å². The Hall–Kier alpha value is -1.36. The van der Waals surface area contributed by atoms with Crippen molar-refractivity contribution in [3.05, 3.63) is 18.0 Å². The van der Waals surface area contributed by atoms with Gasteiger partial charge in [0.15, 0.2) is 0 Å². The smallest absolute Gasteiger partial charge is 0.257 e. The lowest BCUT2D eigenvalue weighted by Crippen LogP contribution is -2.61. The highest BCUT2D eigenvalue weighted by Gasteiger charge is 2.39. The molecule has 1 aliphatic heterocycles. The number of β-amino-alcohol motifs (C(OH)–C–C–N with tert-alkyl or cyclic N) is 1. The minimum atomic E-state index is -0.710. The van der Waals surface area contributed by atoms with Crippen molar-refractivity contribution in [1.82, 2.24) is 14.7 Å². The molecule has 0 bridgehead atoms. The highest BCUT2D eigenvalue weighted by Crippen LogP contribution is 2.21. The van der Waals surface area contributed by atoms with Gasteiger partial charge in [0, 0.05) is 13.2 Å². The summed E-state index contributed by atoms with van der Waals surface area (Å²) in [6.07, 6.45) is 3.21. The van der Waals surface area contributed by atoms with Crippen molar-refractivity contribution in [2.75, 3.05) is 13.1 Å². The zero-order chi connectivity index (χ0) is 10.3. The molecule has 2 rings (SSSR count). The first kappa shape index (κ1) is 9.21. The van der Waals surface area contributed by atoms with Crippen LogP contribution < -0.4 is 0 Å². The third-order valence-electron chi connectivity index (χ3n) is 2.30. The Morgan fingerprint density at radius 2 is 2.29 bits per heavy atom. The van der Waals surface area contributed by atoms with E-state index in [1.807, 2.05) is 0 Å². The van der Waals surface area contributed by atoms with Gasteiger partial charge in [-0.25, -0.2) is 0 Å². The van der Waals surface area contributed by atoms with E-state index < -0.39 is 5.60 Å². The van der Waals surface area contributed by atoms with Crippen molar-refractivity contribution in [2.24, 2.45) is 7.05 Å². The van der Waals surface area contributed by atoms with E-state index in [1.54, 1.807) is 29.7 Å². The van der Waals surface area contributed by atoms with Crippen LogP contribution in [0.15, 0.2) is 12.4 Å². The predicted molar refractivity (Wildman–Crippen MR) is 49.7 cm³/mol. The zero-order valence-electron chi connectivity index (χ0n) is 8.27. The first-order chi connectivity index (χ1) is 6.48. The monoisotopic (exact) mass is 195 g/mol. The number of carbonyl (C=O) groups is 1. The molecule has 5 heteroatoms. The average Bonchev–Trinajstić information content (AvgIpc) is 2.46. The lowest BCUT2D eigenvalue weighted by molar-refractivity contribution is -0.0668. The molecule has 1 N–H and O–H groups in total. The van der Waals surface area contributed by atoms with Gasteiger partial charge in [-0.3, -0.25) is 9.48 Å². The number of nitrogens with zero attached hydrogens (tertiary/aromatic N) is 3. The molecule has 1 saturated heterocycles. The largest absolute Gasteiger partial charge is 0.386 e. The number of hydrogen-bond donors (Lipinski definition) is 1. The Bertz CT molecular complexity index is 362. The number of aliphatic hydroxyl groups is 1. The fraction of sp³-hybridized carbons (Fsp3) is 0.556. The minimum absolute atomic E-state index is 0.0652. The van der Waals surface area contributed by atoms with Crippen LogP contribution in [0, 0.1) is 0 Å². The first-order valence-corrected chi connectivity index (χ1v) is 4.48. The molecule has 5 nitrogen and oxygen atoms in total. The number of likely N-dealkylation sites (tertiary alicyclic amines) is 1. The average molecular weight is 195 g/mol. The Kier molecular flexibility index (Phi) is 1.85. The summed E-state index contributed by atoms with van der Waals surface area (Å²) in [5.74, 6) is -0.0652. The van der Waals surface area contributed by atoms with Crippen LogP contribution in [0.1, 0.15) is 17.3 Å². The van der Waals surface area contributed by atoms with Crippen LogP contribution in [-0.2, 0) is 7.05 Å².